The summed E-state index contributed by atoms with van der Waals surface area (Å²) in [7, 11) is 0. The molecule has 1 aliphatic rings. The van der Waals surface area contributed by atoms with Gasteiger partial charge < -0.3 is 9.47 Å². The molecule has 0 radical (unpaired) electrons. The van der Waals surface area contributed by atoms with Crippen LogP contribution in [0.1, 0.15) is 30.6 Å². The standard InChI is InChI=1S/C14H16O3/c1-2-16-14(15)9-10-17-13-8-7-11-5-3-4-6-12(11)13/h3-8,13H,2,9-10H2,1H3. The van der Waals surface area contributed by atoms with E-state index in [1.807, 2.05) is 30.4 Å². The van der Waals surface area contributed by atoms with Crippen LogP contribution >= 0.6 is 0 Å². The van der Waals surface area contributed by atoms with Crippen LogP contribution in [0.2, 0.25) is 0 Å². The monoisotopic (exact) mass is 232 g/mol. The largest absolute Gasteiger partial charge is 0.466 e. The van der Waals surface area contributed by atoms with Crippen molar-refractivity contribution in [2.24, 2.45) is 0 Å². The lowest BCUT2D eigenvalue weighted by Crippen LogP contribution is -2.09. The molecule has 1 unspecified atom stereocenters. The second-order valence-electron chi connectivity index (χ2n) is 3.83. The van der Waals surface area contributed by atoms with Gasteiger partial charge in [0.1, 0.15) is 6.10 Å². The highest BCUT2D eigenvalue weighted by Crippen LogP contribution is 2.30. The molecule has 0 bridgehead atoms. The highest BCUT2D eigenvalue weighted by atomic mass is 16.5. The first-order valence-corrected chi connectivity index (χ1v) is 5.85. The highest BCUT2D eigenvalue weighted by Gasteiger charge is 2.17. The van der Waals surface area contributed by atoms with Crippen LogP contribution in [-0.4, -0.2) is 19.2 Å². The molecule has 0 heterocycles. The maximum absolute atomic E-state index is 11.1. The second kappa shape index (κ2) is 5.64. The highest BCUT2D eigenvalue weighted by molar-refractivity contribution is 5.69. The summed E-state index contributed by atoms with van der Waals surface area (Å²) in [5.41, 5.74) is 2.35. The first kappa shape index (κ1) is 11.9. The Hall–Kier alpha value is -1.61. The molecule has 1 aromatic carbocycles. The van der Waals surface area contributed by atoms with Crippen LogP contribution in [0.25, 0.3) is 6.08 Å². The van der Waals surface area contributed by atoms with E-state index in [1.54, 1.807) is 6.92 Å². The Morgan fingerprint density at radius 3 is 3.00 bits per heavy atom. The van der Waals surface area contributed by atoms with Crippen molar-refractivity contribution >= 4 is 12.0 Å². The third kappa shape index (κ3) is 2.94. The quantitative estimate of drug-likeness (QED) is 0.732. The molecule has 3 nitrogen and oxygen atoms in total. The lowest BCUT2D eigenvalue weighted by atomic mass is 10.1. The lowest BCUT2D eigenvalue weighted by Gasteiger charge is -2.12. The van der Waals surface area contributed by atoms with Crippen LogP contribution < -0.4 is 0 Å². The lowest BCUT2D eigenvalue weighted by molar-refractivity contribution is -0.144. The minimum Gasteiger partial charge on any atom is -0.466 e. The molecule has 3 heteroatoms. The third-order valence-electron chi connectivity index (χ3n) is 2.66. The molecule has 1 aromatic rings. The number of ether oxygens (including phenoxy) is 2. The van der Waals surface area contributed by atoms with Crippen molar-refractivity contribution in [1.29, 1.82) is 0 Å². The molecule has 0 spiro atoms. The fourth-order valence-electron chi connectivity index (χ4n) is 1.86. The van der Waals surface area contributed by atoms with Gasteiger partial charge in [-0.15, -0.1) is 0 Å². The van der Waals surface area contributed by atoms with Gasteiger partial charge in [-0.25, -0.2) is 0 Å². The van der Waals surface area contributed by atoms with Gasteiger partial charge in [0, 0.05) is 0 Å². The van der Waals surface area contributed by atoms with Gasteiger partial charge in [0.15, 0.2) is 0 Å². The van der Waals surface area contributed by atoms with E-state index in [0.717, 1.165) is 5.56 Å². The van der Waals surface area contributed by atoms with Crippen molar-refractivity contribution in [2.45, 2.75) is 19.4 Å². The number of fused-ring (bicyclic) bond motifs is 1. The van der Waals surface area contributed by atoms with E-state index in [2.05, 4.69) is 6.07 Å². The van der Waals surface area contributed by atoms with Gasteiger partial charge in [-0.05, 0) is 18.1 Å². The zero-order chi connectivity index (χ0) is 12.1. The molecule has 17 heavy (non-hydrogen) atoms. The summed E-state index contributed by atoms with van der Waals surface area (Å²) < 4.78 is 10.5. The molecule has 1 aliphatic carbocycles. The summed E-state index contributed by atoms with van der Waals surface area (Å²) in [6.45, 7) is 2.61. The van der Waals surface area contributed by atoms with Gasteiger partial charge in [0.05, 0.1) is 19.6 Å². The number of rotatable bonds is 5. The van der Waals surface area contributed by atoms with Crippen LogP contribution in [0, 0.1) is 0 Å². The minimum absolute atomic E-state index is 0.0272. The van der Waals surface area contributed by atoms with Crippen LogP contribution in [0.4, 0.5) is 0 Å². The molecular weight excluding hydrogens is 216 g/mol. The van der Waals surface area contributed by atoms with Crippen molar-refractivity contribution in [3.63, 3.8) is 0 Å². The minimum atomic E-state index is -0.206. The predicted molar refractivity (Wildman–Crippen MR) is 65.4 cm³/mol. The van der Waals surface area contributed by atoms with Gasteiger partial charge in [-0.2, -0.15) is 0 Å². The normalized spacial score (nSPS) is 16.9. The number of carbonyl (C=O) groups excluding carboxylic acids is 1. The van der Waals surface area contributed by atoms with E-state index < -0.39 is 0 Å². The van der Waals surface area contributed by atoms with E-state index in [0.29, 0.717) is 19.6 Å². The molecular formula is C14H16O3. The van der Waals surface area contributed by atoms with Crippen molar-refractivity contribution < 1.29 is 14.3 Å². The van der Waals surface area contributed by atoms with Gasteiger partial charge in [0.2, 0.25) is 0 Å². The Morgan fingerprint density at radius 1 is 1.35 bits per heavy atom. The SMILES string of the molecule is CCOC(=O)CCOC1C=Cc2ccccc21. The smallest absolute Gasteiger partial charge is 0.308 e. The van der Waals surface area contributed by atoms with Gasteiger partial charge in [0.25, 0.3) is 0 Å². The van der Waals surface area contributed by atoms with E-state index >= 15 is 0 Å². The summed E-state index contributed by atoms with van der Waals surface area (Å²) >= 11 is 0. The summed E-state index contributed by atoms with van der Waals surface area (Å²) in [4.78, 5) is 11.1. The Morgan fingerprint density at radius 2 is 2.18 bits per heavy atom. The summed E-state index contributed by atoms with van der Waals surface area (Å²) in [5, 5.41) is 0. The number of hydrogen-bond donors (Lipinski definition) is 0. The van der Waals surface area contributed by atoms with Crippen molar-refractivity contribution in [3.8, 4) is 0 Å². The van der Waals surface area contributed by atoms with E-state index in [9.17, 15) is 4.79 Å². The first-order valence-electron chi connectivity index (χ1n) is 5.85. The summed E-state index contributed by atoms with van der Waals surface area (Å²) in [6, 6.07) is 8.10. The molecule has 0 saturated heterocycles. The van der Waals surface area contributed by atoms with Crippen molar-refractivity contribution in [2.75, 3.05) is 13.2 Å². The predicted octanol–water partition coefficient (Wildman–Crippen LogP) is 2.72. The zero-order valence-electron chi connectivity index (χ0n) is 9.89. The maximum atomic E-state index is 11.1. The number of benzene rings is 1. The molecule has 2 rings (SSSR count). The van der Waals surface area contributed by atoms with Crippen LogP contribution in [0.15, 0.2) is 30.3 Å². The summed E-state index contributed by atoms with van der Waals surface area (Å²) in [5.74, 6) is -0.206. The Bertz CT molecular complexity index is 423. The average Bonchev–Trinajstić information content (AvgIpc) is 2.73. The fourth-order valence-corrected chi connectivity index (χ4v) is 1.86. The van der Waals surface area contributed by atoms with Crippen LogP contribution in [0.3, 0.4) is 0 Å². The molecule has 0 N–H and O–H groups in total. The molecule has 0 saturated carbocycles. The first-order chi connectivity index (χ1) is 8.31. The van der Waals surface area contributed by atoms with Crippen LogP contribution in [0.5, 0.6) is 0 Å². The molecule has 1 atom stereocenters. The van der Waals surface area contributed by atoms with E-state index in [-0.39, 0.29) is 12.1 Å². The maximum Gasteiger partial charge on any atom is 0.308 e. The second-order valence-corrected chi connectivity index (χ2v) is 3.83. The number of hydrogen-bond acceptors (Lipinski definition) is 3. The van der Waals surface area contributed by atoms with Crippen molar-refractivity contribution in [1.82, 2.24) is 0 Å². The zero-order valence-corrected chi connectivity index (χ0v) is 9.89. The summed E-state index contributed by atoms with van der Waals surface area (Å²) in [6.07, 6.45) is 4.33. The van der Waals surface area contributed by atoms with Crippen molar-refractivity contribution in [3.05, 3.63) is 41.5 Å². The average molecular weight is 232 g/mol. The number of carbonyl (C=O) groups is 1. The Labute approximate surface area is 101 Å². The van der Waals surface area contributed by atoms with Gasteiger partial charge in [-0.1, -0.05) is 36.4 Å². The molecule has 0 aromatic heterocycles. The molecule has 0 fully saturated rings. The van der Waals surface area contributed by atoms with Gasteiger partial charge >= 0.3 is 5.97 Å². The van der Waals surface area contributed by atoms with E-state index in [1.165, 1.54) is 5.56 Å². The Kier molecular flexibility index (Phi) is 3.94. The molecule has 90 valence electrons. The fraction of sp³-hybridized carbons (Fsp3) is 0.357. The molecule has 0 aliphatic heterocycles. The van der Waals surface area contributed by atoms with E-state index in [4.69, 9.17) is 9.47 Å². The van der Waals surface area contributed by atoms with Crippen LogP contribution in [-0.2, 0) is 14.3 Å². The Balaban J connectivity index is 1.82. The third-order valence-corrected chi connectivity index (χ3v) is 2.66. The molecule has 0 amide bonds. The number of esters is 1. The van der Waals surface area contributed by atoms with Gasteiger partial charge in [-0.3, -0.25) is 4.79 Å². The topological polar surface area (TPSA) is 35.5 Å².